The van der Waals surface area contributed by atoms with Gasteiger partial charge < -0.3 is 14.7 Å². The lowest BCUT2D eigenvalue weighted by Crippen LogP contribution is -2.53. The molecule has 1 aromatic rings. The van der Waals surface area contributed by atoms with E-state index in [4.69, 9.17) is 9.84 Å². The summed E-state index contributed by atoms with van der Waals surface area (Å²) in [6.45, 7) is 5.50. The van der Waals surface area contributed by atoms with Gasteiger partial charge in [-0.25, -0.2) is 9.18 Å². The summed E-state index contributed by atoms with van der Waals surface area (Å²) in [6, 6.07) is 5.33. The van der Waals surface area contributed by atoms with Gasteiger partial charge >= 0.3 is 5.97 Å². The molecule has 2 fully saturated rings. The molecule has 2 aliphatic rings. The highest BCUT2D eigenvalue weighted by atomic mass is 19.1. The van der Waals surface area contributed by atoms with E-state index in [-0.39, 0.29) is 5.82 Å². The number of anilines is 1. The van der Waals surface area contributed by atoms with Crippen molar-refractivity contribution < 1.29 is 19.0 Å². The number of rotatable bonds is 3. The zero-order chi connectivity index (χ0) is 16.4. The van der Waals surface area contributed by atoms with Gasteiger partial charge in [0.2, 0.25) is 0 Å². The zero-order valence-corrected chi connectivity index (χ0v) is 13.4. The average molecular weight is 322 g/mol. The summed E-state index contributed by atoms with van der Waals surface area (Å²) in [5.74, 6) is -1.08. The quantitative estimate of drug-likeness (QED) is 0.921. The van der Waals surface area contributed by atoms with Gasteiger partial charge in [-0.3, -0.25) is 4.90 Å². The number of morpholine rings is 1. The Kier molecular flexibility index (Phi) is 4.82. The molecule has 0 saturated carbocycles. The van der Waals surface area contributed by atoms with Crippen LogP contribution in [-0.2, 0) is 9.53 Å². The molecule has 1 aromatic carbocycles. The molecule has 0 radical (unpaired) electrons. The highest BCUT2D eigenvalue weighted by Gasteiger charge is 2.32. The number of aryl methyl sites for hydroxylation is 1. The van der Waals surface area contributed by atoms with E-state index in [2.05, 4.69) is 9.80 Å². The van der Waals surface area contributed by atoms with Gasteiger partial charge in [-0.05, 0) is 43.5 Å². The highest BCUT2D eigenvalue weighted by molar-refractivity contribution is 5.72. The molecule has 0 bridgehead atoms. The Hall–Kier alpha value is -1.66. The maximum absolute atomic E-state index is 13.2. The van der Waals surface area contributed by atoms with E-state index < -0.39 is 12.1 Å². The van der Waals surface area contributed by atoms with Crippen molar-refractivity contribution in [2.45, 2.75) is 31.9 Å². The molecular weight excluding hydrogens is 299 g/mol. The first-order chi connectivity index (χ1) is 11.0. The van der Waals surface area contributed by atoms with E-state index in [0.717, 1.165) is 43.7 Å². The number of piperidine rings is 1. The summed E-state index contributed by atoms with van der Waals surface area (Å²) in [5, 5.41) is 9.11. The average Bonchev–Trinajstić information content (AvgIpc) is 2.55. The van der Waals surface area contributed by atoms with Crippen molar-refractivity contribution in [3.8, 4) is 0 Å². The lowest BCUT2D eigenvalue weighted by atomic mass is 10.0. The molecule has 0 aromatic heterocycles. The summed E-state index contributed by atoms with van der Waals surface area (Å²) >= 11 is 0. The molecule has 1 N–H and O–H groups in total. The Morgan fingerprint density at radius 3 is 2.70 bits per heavy atom. The van der Waals surface area contributed by atoms with Crippen LogP contribution in [0.25, 0.3) is 0 Å². The third kappa shape index (κ3) is 3.64. The first-order valence-electron chi connectivity index (χ1n) is 8.14. The molecule has 3 rings (SSSR count). The van der Waals surface area contributed by atoms with Crippen molar-refractivity contribution in [3.63, 3.8) is 0 Å². The van der Waals surface area contributed by atoms with Crippen LogP contribution < -0.4 is 4.90 Å². The van der Waals surface area contributed by atoms with Crippen molar-refractivity contribution in [2.75, 3.05) is 37.7 Å². The summed E-state index contributed by atoms with van der Waals surface area (Å²) in [4.78, 5) is 15.6. The summed E-state index contributed by atoms with van der Waals surface area (Å²) in [7, 11) is 0. The molecule has 0 spiro atoms. The number of aliphatic carboxylic acids is 1. The van der Waals surface area contributed by atoms with E-state index in [1.807, 2.05) is 13.0 Å². The molecule has 5 nitrogen and oxygen atoms in total. The molecule has 2 aliphatic heterocycles. The summed E-state index contributed by atoms with van der Waals surface area (Å²) in [6.07, 6.45) is 1.27. The van der Waals surface area contributed by atoms with Crippen LogP contribution in [-0.4, -0.2) is 60.9 Å². The topological polar surface area (TPSA) is 53.0 Å². The number of ether oxygens (including phenoxy) is 1. The summed E-state index contributed by atoms with van der Waals surface area (Å²) in [5.41, 5.74) is 2.05. The van der Waals surface area contributed by atoms with Crippen molar-refractivity contribution in [1.82, 2.24) is 4.90 Å². The molecule has 0 aliphatic carbocycles. The lowest BCUT2D eigenvalue weighted by Gasteiger charge is -2.42. The Morgan fingerprint density at radius 1 is 1.30 bits per heavy atom. The van der Waals surface area contributed by atoms with Gasteiger partial charge in [0, 0.05) is 37.9 Å². The van der Waals surface area contributed by atoms with Gasteiger partial charge in [-0.1, -0.05) is 0 Å². The summed E-state index contributed by atoms with van der Waals surface area (Å²) < 4.78 is 18.5. The van der Waals surface area contributed by atoms with E-state index in [9.17, 15) is 9.18 Å². The number of carboxylic acids is 1. The molecule has 2 heterocycles. The number of halogens is 1. The third-order valence-electron chi connectivity index (χ3n) is 4.85. The number of carboxylic acid groups (broad SMARTS) is 1. The molecule has 1 unspecified atom stereocenters. The maximum Gasteiger partial charge on any atom is 0.334 e. The second-order valence-corrected chi connectivity index (χ2v) is 6.34. The molecule has 6 heteroatoms. The van der Waals surface area contributed by atoms with E-state index in [1.165, 1.54) is 6.07 Å². The standard InChI is InChI=1S/C17H23FN2O3/c1-12-10-13(18)2-3-15(12)19-6-4-14(5-7-19)20-8-9-23-16(11-20)17(21)22/h2-3,10,14,16H,4-9,11H2,1H3,(H,21,22). The molecule has 126 valence electrons. The second kappa shape index (κ2) is 6.84. The fourth-order valence-corrected chi connectivity index (χ4v) is 3.60. The smallest absolute Gasteiger partial charge is 0.334 e. The second-order valence-electron chi connectivity index (χ2n) is 6.34. The van der Waals surface area contributed by atoms with Crippen molar-refractivity contribution >= 4 is 11.7 Å². The van der Waals surface area contributed by atoms with Crippen molar-refractivity contribution in [1.29, 1.82) is 0 Å². The molecular formula is C17H23FN2O3. The highest BCUT2D eigenvalue weighted by Crippen LogP contribution is 2.26. The van der Waals surface area contributed by atoms with Gasteiger partial charge in [0.05, 0.1) is 6.61 Å². The maximum atomic E-state index is 13.2. The lowest BCUT2D eigenvalue weighted by molar-refractivity contribution is -0.157. The fraction of sp³-hybridized carbons (Fsp3) is 0.588. The first-order valence-corrected chi connectivity index (χ1v) is 8.14. The minimum absolute atomic E-state index is 0.200. The minimum atomic E-state index is -0.880. The molecule has 2 saturated heterocycles. The number of nitrogens with zero attached hydrogens (tertiary/aromatic N) is 2. The first kappa shape index (κ1) is 16.2. The molecule has 0 amide bonds. The zero-order valence-electron chi connectivity index (χ0n) is 13.4. The van der Waals surface area contributed by atoms with E-state index >= 15 is 0 Å². The van der Waals surface area contributed by atoms with Crippen LogP contribution in [0.4, 0.5) is 10.1 Å². The predicted molar refractivity (Wildman–Crippen MR) is 85.3 cm³/mol. The normalized spacial score (nSPS) is 23.9. The molecule has 1 atom stereocenters. The minimum Gasteiger partial charge on any atom is -0.479 e. The number of carbonyl (C=O) groups is 1. The van der Waals surface area contributed by atoms with Crippen LogP contribution in [0.15, 0.2) is 18.2 Å². The Labute approximate surface area is 135 Å². The van der Waals surface area contributed by atoms with Crippen LogP contribution in [0.2, 0.25) is 0 Å². The Bertz CT molecular complexity index is 573. The predicted octanol–water partition coefficient (Wildman–Crippen LogP) is 1.89. The Balaban J connectivity index is 1.59. The van der Waals surface area contributed by atoms with Crippen molar-refractivity contribution in [2.24, 2.45) is 0 Å². The van der Waals surface area contributed by atoms with Gasteiger partial charge in [0.25, 0.3) is 0 Å². The number of benzene rings is 1. The van der Waals surface area contributed by atoms with Crippen molar-refractivity contribution in [3.05, 3.63) is 29.6 Å². The SMILES string of the molecule is Cc1cc(F)ccc1N1CCC(N2CCOC(C(=O)O)C2)CC1. The Morgan fingerprint density at radius 2 is 2.04 bits per heavy atom. The molecule has 23 heavy (non-hydrogen) atoms. The van der Waals surface area contributed by atoms with Gasteiger partial charge in [-0.2, -0.15) is 0 Å². The number of hydrogen-bond donors (Lipinski definition) is 1. The largest absolute Gasteiger partial charge is 0.479 e. The number of hydrogen-bond acceptors (Lipinski definition) is 4. The fourth-order valence-electron chi connectivity index (χ4n) is 3.60. The van der Waals surface area contributed by atoms with Crippen LogP contribution in [0.5, 0.6) is 0 Å². The monoisotopic (exact) mass is 322 g/mol. The van der Waals surface area contributed by atoms with Crippen LogP contribution in [0.1, 0.15) is 18.4 Å². The van der Waals surface area contributed by atoms with Gasteiger partial charge in [-0.15, -0.1) is 0 Å². The van der Waals surface area contributed by atoms with Crippen LogP contribution in [0.3, 0.4) is 0 Å². The third-order valence-corrected chi connectivity index (χ3v) is 4.85. The van der Waals surface area contributed by atoms with Gasteiger partial charge in [0.1, 0.15) is 5.82 Å². The van der Waals surface area contributed by atoms with Gasteiger partial charge in [0.15, 0.2) is 6.10 Å². The van der Waals surface area contributed by atoms with E-state index in [1.54, 1.807) is 6.07 Å². The van der Waals surface area contributed by atoms with E-state index in [0.29, 0.717) is 19.2 Å². The van der Waals surface area contributed by atoms with Crippen LogP contribution in [0, 0.1) is 12.7 Å². The van der Waals surface area contributed by atoms with Crippen LogP contribution >= 0.6 is 0 Å².